The summed E-state index contributed by atoms with van der Waals surface area (Å²) in [6.45, 7) is 4.26. The summed E-state index contributed by atoms with van der Waals surface area (Å²) in [7, 11) is 0. The minimum atomic E-state index is -0.692. The highest BCUT2D eigenvalue weighted by Gasteiger charge is 2.70. The number of benzene rings is 2. The number of fused-ring (bicyclic) bond motifs is 2. The van der Waals surface area contributed by atoms with Crippen LogP contribution in [0.1, 0.15) is 48.8 Å². The molecule has 9 nitrogen and oxygen atoms in total. The lowest BCUT2D eigenvalue weighted by atomic mass is 9.80. The van der Waals surface area contributed by atoms with E-state index >= 15 is 4.39 Å². The van der Waals surface area contributed by atoms with Crippen molar-refractivity contribution in [3.8, 4) is 5.69 Å². The van der Waals surface area contributed by atoms with E-state index in [1.807, 2.05) is 25.1 Å². The van der Waals surface area contributed by atoms with E-state index in [9.17, 15) is 9.59 Å². The van der Waals surface area contributed by atoms with E-state index in [1.165, 1.54) is 5.56 Å². The molecule has 0 radical (unpaired) electrons. The highest BCUT2D eigenvalue weighted by Crippen LogP contribution is 2.61. The fourth-order valence-electron chi connectivity index (χ4n) is 6.30. The first-order valence-corrected chi connectivity index (χ1v) is 13.2. The lowest BCUT2D eigenvalue weighted by Gasteiger charge is -2.33. The maximum atomic E-state index is 16.1. The van der Waals surface area contributed by atoms with Crippen LogP contribution in [0.3, 0.4) is 0 Å². The third-order valence-corrected chi connectivity index (χ3v) is 8.41. The number of pyridine rings is 1. The van der Waals surface area contributed by atoms with Crippen LogP contribution in [0.15, 0.2) is 61.1 Å². The van der Waals surface area contributed by atoms with E-state index in [0.717, 1.165) is 18.8 Å². The van der Waals surface area contributed by atoms with Gasteiger partial charge in [-0.25, -0.2) is 4.39 Å². The molecule has 3 aliphatic rings. The van der Waals surface area contributed by atoms with Crippen LogP contribution in [0.25, 0.3) is 16.6 Å². The van der Waals surface area contributed by atoms with Crippen molar-refractivity contribution in [1.29, 1.82) is 0 Å². The molecule has 3 saturated heterocycles. The van der Waals surface area contributed by atoms with E-state index < -0.39 is 17.1 Å². The van der Waals surface area contributed by atoms with Crippen LogP contribution in [0.5, 0.6) is 0 Å². The summed E-state index contributed by atoms with van der Waals surface area (Å²) in [5.41, 5.74) is 2.56. The summed E-state index contributed by atoms with van der Waals surface area (Å²) in [4.78, 5) is 32.3. The van der Waals surface area contributed by atoms with Gasteiger partial charge in [-0.05, 0) is 55.2 Å². The average molecular weight is 527 g/mol. The molecule has 3 atom stereocenters. The van der Waals surface area contributed by atoms with Gasteiger partial charge in [-0.3, -0.25) is 24.8 Å². The summed E-state index contributed by atoms with van der Waals surface area (Å²) in [5.74, 6) is -1.51. The van der Waals surface area contributed by atoms with Gasteiger partial charge in [-0.1, -0.05) is 18.2 Å². The normalized spacial score (nSPS) is 26.9. The zero-order valence-corrected chi connectivity index (χ0v) is 21.4. The van der Waals surface area contributed by atoms with E-state index in [1.54, 1.807) is 35.5 Å². The third kappa shape index (κ3) is 3.93. The van der Waals surface area contributed by atoms with Crippen molar-refractivity contribution in [3.05, 3.63) is 83.6 Å². The monoisotopic (exact) mass is 526 g/mol. The Kier molecular flexibility index (Phi) is 5.40. The molecular weight excluding hydrogens is 499 g/mol. The van der Waals surface area contributed by atoms with Gasteiger partial charge < -0.3 is 4.74 Å². The smallest absolute Gasteiger partial charge is 0.234 e. The highest BCUT2D eigenvalue weighted by atomic mass is 19.1. The summed E-state index contributed by atoms with van der Waals surface area (Å²) in [6, 6.07) is 13.5. The molecule has 1 N–H and O–H groups in total. The highest BCUT2D eigenvalue weighted by molar-refractivity contribution is 6.01. The van der Waals surface area contributed by atoms with Crippen LogP contribution >= 0.6 is 0 Å². The Balaban J connectivity index is 1.11. The second kappa shape index (κ2) is 8.75. The number of halogens is 1. The van der Waals surface area contributed by atoms with Crippen molar-refractivity contribution in [2.45, 2.75) is 49.9 Å². The standard InChI is InChI=1S/C29H27FN6O3/c1-28-17-35(16-18-2-4-20(5-3-18)36-32-11-12-33-36)13-10-29(28,39-28)23-7-8-24-22(26(23)30)14-19(15-31-24)21-6-9-25(37)34-27(21)38/h2-5,7-8,11-12,14-15,21H,6,9-10,13,16-17H2,1H3,(H,34,37,38). The zero-order valence-electron chi connectivity index (χ0n) is 21.4. The molecule has 4 aromatic rings. The molecule has 7 rings (SSSR count). The molecule has 0 aliphatic carbocycles. The fourth-order valence-corrected chi connectivity index (χ4v) is 6.30. The number of piperidine rings is 2. The summed E-state index contributed by atoms with van der Waals surface area (Å²) in [5, 5.41) is 11.1. The Labute approximate surface area is 224 Å². The van der Waals surface area contributed by atoms with Crippen molar-refractivity contribution in [1.82, 2.24) is 30.2 Å². The van der Waals surface area contributed by atoms with Gasteiger partial charge in [-0.15, -0.1) is 0 Å². The van der Waals surface area contributed by atoms with Crippen LogP contribution in [0, 0.1) is 5.82 Å². The molecule has 0 spiro atoms. The van der Waals surface area contributed by atoms with Gasteiger partial charge in [0.1, 0.15) is 17.0 Å². The number of imide groups is 1. The topological polar surface area (TPSA) is 106 Å². The van der Waals surface area contributed by atoms with Crippen LogP contribution in [-0.2, 0) is 26.5 Å². The van der Waals surface area contributed by atoms with E-state index in [4.69, 9.17) is 4.74 Å². The molecule has 3 unspecified atom stereocenters. The molecule has 3 aliphatic heterocycles. The van der Waals surface area contributed by atoms with Crippen molar-refractivity contribution in [2.24, 2.45) is 0 Å². The number of carbonyl (C=O) groups is 2. The molecule has 198 valence electrons. The SMILES string of the molecule is CC12CN(Cc3ccc(-n4nccn4)cc3)CCC1(c1ccc3ncc(C4CCC(=O)NC4=O)cc3c1F)O2. The summed E-state index contributed by atoms with van der Waals surface area (Å²) >= 11 is 0. The Morgan fingerprint density at radius 3 is 2.67 bits per heavy atom. The van der Waals surface area contributed by atoms with Crippen LogP contribution in [-0.4, -0.2) is 55.4 Å². The maximum absolute atomic E-state index is 16.1. The average Bonchev–Trinajstić information content (AvgIpc) is 3.24. The molecule has 2 aromatic carbocycles. The molecule has 10 heteroatoms. The first kappa shape index (κ1) is 24.1. The first-order valence-electron chi connectivity index (χ1n) is 13.2. The molecule has 5 heterocycles. The number of hydrogen-bond donors (Lipinski definition) is 1. The molecule has 39 heavy (non-hydrogen) atoms. The Hall–Kier alpha value is -4.02. The number of nitrogens with zero attached hydrogens (tertiary/aromatic N) is 5. The predicted molar refractivity (Wildman–Crippen MR) is 139 cm³/mol. The van der Waals surface area contributed by atoms with Gasteiger partial charge in [0.05, 0.1) is 29.5 Å². The van der Waals surface area contributed by atoms with Crippen LogP contribution < -0.4 is 5.32 Å². The van der Waals surface area contributed by atoms with Gasteiger partial charge in [0, 0.05) is 43.2 Å². The Bertz CT molecular complexity index is 1610. The summed E-state index contributed by atoms with van der Waals surface area (Å²) in [6.07, 6.45) is 6.22. The second-order valence-electron chi connectivity index (χ2n) is 10.9. The zero-order chi connectivity index (χ0) is 26.8. The Morgan fingerprint density at radius 1 is 1.13 bits per heavy atom. The minimum absolute atomic E-state index is 0.258. The summed E-state index contributed by atoms with van der Waals surface area (Å²) < 4.78 is 22.5. The van der Waals surface area contributed by atoms with Gasteiger partial charge >= 0.3 is 0 Å². The molecule has 3 fully saturated rings. The second-order valence-corrected chi connectivity index (χ2v) is 10.9. The number of ether oxygens (including phenoxy) is 1. The van der Waals surface area contributed by atoms with Crippen molar-refractivity contribution in [3.63, 3.8) is 0 Å². The lowest BCUT2D eigenvalue weighted by Crippen LogP contribution is -2.44. The Morgan fingerprint density at radius 2 is 1.92 bits per heavy atom. The number of aromatic nitrogens is 4. The van der Waals surface area contributed by atoms with E-state index in [2.05, 4.69) is 37.5 Å². The predicted octanol–water partition coefficient (Wildman–Crippen LogP) is 3.36. The quantitative estimate of drug-likeness (QED) is 0.314. The largest absolute Gasteiger partial charge is 0.356 e. The number of amides is 2. The molecule has 2 amide bonds. The fraction of sp³-hybridized carbons (Fsp3) is 0.345. The van der Waals surface area contributed by atoms with Gasteiger partial charge in [0.25, 0.3) is 0 Å². The number of hydrogen-bond acceptors (Lipinski definition) is 7. The van der Waals surface area contributed by atoms with Crippen molar-refractivity contribution < 1.29 is 18.7 Å². The number of likely N-dealkylation sites (tertiary alicyclic amines) is 1. The van der Waals surface area contributed by atoms with E-state index in [-0.39, 0.29) is 24.1 Å². The number of nitrogens with one attached hydrogen (secondary N) is 1. The van der Waals surface area contributed by atoms with Crippen LogP contribution in [0.4, 0.5) is 4.39 Å². The van der Waals surface area contributed by atoms with Crippen molar-refractivity contribution >= 4 is 22.7 Å². The molecular formula is C29H27FN6O3. The van der Waals surface area contributed by atoms with Gasteiger partial charge in [0.2, 0.25) is 11.8 Å². The minimum Gasteiger partial charge on any atom is -0.356 e. The third-order valence-electron chi connectivity index (χ3n) is 8.41. The van der Waals surface area contributed by atoms with E-state index in [0.29, 0.717) is 41.4 Å². The lowest BCUT2D eigenvalue weighted by molar-refractivity contribution is -0.134. The molecule has 2 aromatic heterocycles. The number of epoxide rings is 1. The van der Waals surface area contributed by atoms with Gasteiger partial charge in [0.15, 0.2) is 0 Å². The van der Waals surface area contributed by atoms with Crippen LogP contribution in [0.2, 0.25) is 0 Å². The number of rotatable bonds is 5. The van der Waals surface area contributed by atoms with Gasteiger partial charge in [-0.2, -0.15) is 15.0 Å². The number of carbonyl (C=O) groups excluding carboxylic acids is 2. The van der Waals surface area contributed by atoms with Crippen molar-refractivity contribution in [2.75, 3.05) is 13.1 Å². The molecule has 0 saturated carbocycles. The first-order chi connectivity index (χ1) is 18.8. The molecule has 0 bridgehead atoms. The maximum Gasteiger partial charge on any atom is 0.234 e.